The number of carboxylic acid groups (broad SMARTS) is 1. The molecule has 3 heterocycles. The molecule has 0 atom stereocenters. The van der Waals surface area contributed by atoms with Gasteiger partial charge in [0.25, 0.3) is 11.8 Å². The van der Waals surface area contributed by atoms with Gasteiger partial charge >= 0.3 is 12.1 Å². The maximum absolute atomic E-state index is 13.4. The molecular formula is C18H15F5N4O3. The largest absolute Gasteiger partial charge is 0.477 e. The summed E-state index contributed by atoms with van der Waals surface area (Å²) in [4.78, 5) is 32.3. The van der Waals surface area contributed by atoms with Gasteiger partial charge in [0.1, 0.15) is 11.5 Å². The number of hydrogen-bond acceptors (Lipinski definition) is 5. The van der Waals surface area contributed by atoms with Gasteiger partial charge in [-0.25, -0.2) is 23.5 Å². The molecule has 0 spiro atoms. The van der Waals surface area contributed by atoms with Crippen molar-refractivity contribution in [3.05, 3.63) is 47.4 Å². The first-order valence-electron chi connectivity index (χ1n) is 8.67. The molecule has 0 radical (unpaired) electrons. The topological polar surface area (TPSA) is 95.4 Å². The van der Waals surface area contributed by atoms with Crippen LogP contribution in [0.1, 0.15) is 39.3 Å². The zero-order valence-corrected chi connectivity index (χ0v) is 15.2. The predicted octanol–water partition coefficient (Wildman–Crippen LogP) is 3.68. The molecule has 160 valence electrons. The SMILES string of the molecule is O=C(O)c1cc(NC(=O)c2cc(C(F)(F)F)cnc2N2CCC(F)(F)CC2)ccn1. The number of carboxylic acids is 1. The Morgan fingerprint density at radius 1 is 1.13 bits per heavy atom. The van der Waals surface area contributed by atoms with E-state index < -0.39 is 47.9 Å². The van der Waals surface area contributed by atoms with Crippen LogP contribution in [-0.4, -0.2) is 46.0 Å². The third kappa shape index (κ3) is 4.81. The number of alkyl halides is 5. The van der Waals surface area contributed by atoms with Crippen molar-refractivity contribution >= 4 is 23.4 Å². The quantitative estimate of drug-likeness (QED) is 0.719. The fraction of sp³-hybridized carbons (Fsp3) is 0.333. The van der Waals surface area contributed by atoms with Gasteiger partial charge in [-0.05, 0) is 18.2 Å². The number of rotatable bonds is 4. The molecule has 1 aliphatic rings. The number of carbonyl (C=O) groups is 2. The number of nitrogens with zero attached hydrogens (tertiary/aromatic N) is 3. The molecule has 2 N–H and O–H groups in total. The summed E-state index contributed by atoms with van der Waals surface area (Å²) in [5.74, 6) is -5.41. The van der Waals surface area contributed by atoms with Gasteiger partial charge in [-0.15, -0.1) is 0 Å². The Kier molecular flexibility index (Phi) is 5.59. The van der Waals surface area contributed by atoms with Gasteiger partial charge in [-0.3, -0.25) is 4.79 Å². The van der Waals surface area contributed by atoms with E-state index in [0.29, 0.717) is 12.3 Å². The van der Waals surface area contributed by atoms with Crippen molar-refractivity contribution in [1.82, 2.24) is 9.97 Å². The molecule has 1 fully saturated rings. The summed E-state index contributed by atoms with van der Waals surface area (Å²) in [6, 6.07) is 2.87. The fourth-order valence-corrected chi connectivity index (χ4v) is 2.90. The smallest absolute Gasteiger partial charge is 0.417 e. The van der Waals surface area contributed by atoms with E-state index >= 15 is 0 Å². The highest BCUT2D eigenvalue weighted by Gasteiger charge is 2.37. The van der Waals surface area contributed by atoms with E-state index in [1.54, 1.807) is 0 Å². The normalized spacial score (nSPS) is 16.2. The van der Waals surface area contributed by atoms with Gasteiger partial charge in [-0.1, -0.05) is 0 Å². The van der Waals surface area contributed by atoms with Crippen molar-refractivity contribution in [2.24, 2.45) is 0 Å². The van der Waals surface area contributed by atoms with Crippen LogP contribution < -0.4 is 10.2 Å². The molecule has 1 amide bonds. The number of nitrogens with one attached hydrogen (secondary N) is 1. The average molecular weight is 430 g/mol. The monoisotopic (exact) mass is 430 g/mol. The molecule has 0 unspecified atom stereocenters. The van der Waals surface area contributed by atoms with E-state index in [2.05, 4.69) is 15.3 Å². The Bertz CT molecular complexity index is 971. The lowest BCUT2D eigenvalue weighted by molar-refractivity contribution is -0.137. The van der Waals surface area contributed by atoms with Crippen LogP contribution in [-0.2, 0) is 6.18 Å². The number of anilines is 2. The van der Waals surface area contributed by atoms with Gasteiger partial charge in [-0.2, -0.15) is 13.2 Å². The molecular weight excluding hydrogens is 415 g/mol. The highest BCUT2D eigenvalue weighted by atomic mass is 19.4. The summed E-state index contributed by atoms with van der Waals surface area (Å²) < 4.78 is 66.2. The zero-order chi connectivity index (χ0) is 22.1. The summed E-state index contributed by atoms with van der Waals surface area (Å²) in [5.41, 5.74) is -2.04. The second kappa shape index (κ2) is 7.84. The van der Waals surface area contributed by atoms with E-state index in [4.69, 9.17) is 5.11 Å². The number of piperidine rings is 1. The van der Waals surface area contributed by atoms with Gasteiger partial charge < -0.3 is 15.3 Å². The molecule has 0 aromatic carbocycles. The van der Waals surface area contributed by atoms with E-state index in [-0.39, 0.29) is 30.3 Å². The highest BCUT2D eigenvalue weighted by molar-refractivity contribution is 6.08. The van der Waals surface area contributed by atoms with Crippen LogP contribution in [0.3, 0.4) is 0 Å². The molecule has 3 rings (SSSR count). The van der Waals surface area contributed by atoms with Crippen LogP contribution in [0.4, 0.5) is 33.5 Å². The standard InChI is InChI=1S/C18H15F5N4O3/c19-17(20)2-5-27(6-3-17)14-12(7-10(9-25-14)18(21,22)23)15(28)26-11-1-4-24-13(8-11)16(29)30/h1,4,7-9H,2-3,5-6H2,(H,29,30)(H,24,26,28). The number of aromatic carboxylic acids is 1. The van der Waals surface area contributed by atoms with Gasteiger partial charge in [0.05, 0.1) is 11.1 Å². The number of carbonyl (C=O) groups excluding carboxylic acids is 1. The first-order chi connectivity index (χ1) is 14.0. The Morgan fingerprint density at radius 3 is 2.40 bits per heavy atom. The van der Waals surface area contributed by atoms with Crippen LogP contribution >= 0.6 is 0 Å². The van der Waals surface area contributed by atoms with E-state index in [9.17, 15) is 31.5 Å². The Labute approximate surface area is 166 Å². The molecule has 12 heteroatoms. The number of halogens is 5. The van der Waals surface area contributed by atoms with Crippen LogP contribution in [0.5, 0.6) is 0 Å². The van der Waals surface area contributed by atoms with Gasteiger partial charge in [0.15, 0.2) is 0 Å². The second-order valence-corrected chi connectivity index (χ2v) is 6.62. The van der Waals surface area contributed by atoms with Crippen molar-refractivity contribution in [1.29, 1.82) is 0 Å². The molecule has 2 aromatic rings. The Hall–Kier alpha value is -3.31. The summed E-state index contributed by atoms with van der Waals surface area (Å²) in [5, 5.41) is 11.3. The molecule has 1 saturated heterocycles. The minimum Gasteiger partial charge on any atom is -0.477 e. The fourth-order valence-electron chi connectivity index (χ4n) is 2.90. The predicted molar refractivity (Wildman–Crippen MR) is 94.8 cm³/mol. The molecule has 30 heavy (non-hydrogen) atoms. The zero-order valence-electron chi connectivity index (χ0n) is 15.2. The molecule has 2 aromatic heterocycles. The molecule has 1 aliphatic heterocycles. The van der Waals surface area contributed by atoms with Gasteiger partial charge in [0, 0.05) is 44.0 Å². The van der Waals surface area contributed by atoms with Crippen molar-refractivity contribution < 1.29 is 36.6 Å². The maximum atomic E-state index is 13.4. The molecule has 0 aliphatic carbocycles. The van der Waals surface area contributed by atoms with Crippen molar-refractivity contribution in [3.8, 4) is 0 Å². The third-order valence-electron chi connectivity index (χ3n) is 4.47. The van der Waals surface area contributed by atoms with E-state index in [1.165, 1.54) is 11.0 Å². The lowest BCUT2D eigenvalue weighted by Gasteiger charge is -2.33. The number of hydrogen-bond donors (Lipinski definition) is 2. The van der Waals surface area contributed by atoms with Crippen molar-refractivity contribution in [3.63, 3.8) is 0 Å². The first-order valence-corrected chi connectivity index (χ1v) is 8.67. The highest BCUT2D eigenvalue weighted by Crippen LogP contribution is 2.34. The average Bonchev–Trinajstić information content (AvgIpc) is 2.67. The van der Waals surface area contributed by atoms with Gasteiger partial charge in [0.2, 0.25) is 0 Å². The van der Waals surface area contributed by atoms with Crippen LogP contribution in [0.2, 0.25) is 0 Å². The van der Waals surface area contributed by atoms with E-state index in [1.807, 2.05) is 0 Å². The van der Waals surface area contributed by atoms with Crippen LogP contribution in [0, 0.1) is 0 Å². The Morgan fingerprint density at radius 2 is 1.80 bits per heavy atom. The number of amides is 1. The minimum atomic E-state index is -4.78. The first kappa shape index (κ1) is 21.4. The van der Waals surface area contributed by atoms with E-state index in [0.717, 1.165) is 12.3 Å². The number of aromatic nitrogens is 2. The summed E-state index contributed by atoms with van der Waals surface area (Å²) in [6.07, 6.45) is -4.18. The minimum absolute atomic E-state index is 0.0130. The summed E-state index contributed by atoms with van der Waals surface area (Å²) in [7, 11) is 0. The third-order valence-corrected chi connectivity index (χ3v) is 4.47. The lowest BCUT2D eigenvalue weighted by Crippen LogP contribution is -2.40. The summed E-state index contributed by atoms with van der Waals surface area (Å²) >= 11 is 0. The molecule has 0 bridgehead atoms. The second-order valence-electron chi connectivity index (χ2n) is 6.62. The molecule has 7 nitrogen and oxygen atoms in total. The lowest BCUT2D eigenvalue weighted by atomic mass is 10.1. The van der Waals surface area contributed by atoms with Crippen molar-refractivity contribution in [2.75, 3.05) is 23.3 Å². The summed E-state index contributed by atoms with van der Waals surface area (Å²) in [6.45, 7) is -0.381. The van der Waals surface area contributed by atoms with Crippen LogP contribution in [0.25, 0.3) is 0 Å². The molecule has 0 saturated carbocycles. The number of pyridine rings is 2. The van der Waals surface area contributed by atoms with Crippen molar-refractivity contribution in [2.45, 2.75) is 24.9 Å². The van der Waals surface area contributed by atoms with Crippen LogP contribution in [0.15, 0.2) is 30.6 Å². The Balaban J connectivity index is 1.95. The maximum Gasteiger partial charge on any atom is 0.417 e.